The first-order valence-corrected chi connectivity index (χ1v) is 8.08. The van der Waals surface area contributed by atoms with E-state index in [4.69, 9.17) is 18.9 Å². The summed E-state index contributed by atoms with van der Waals surface area (Å²) in [5, 5.41) is 19.2. The molecule has 0 amide bonds. The van der Waals surface area contributed by atoms with Gasteiger partial charge in [-0.1, -0.05) is 12.1 Å². The molecule has 0 radical (unpaired) electrons. The topological polar surface area (TPSA) is 129 Å². The summed E-state index contributed by atoms with van der Waals surface area (Å²) in [4.78, 5) is 34.6. The van der Waals surface area contributed by atoms with Crippen LogP contribution in [-0.2, 0) is 33.3 Å². The first-order chi connectivity index (χ1) is 12.8. The highest BCUT2D eigenvalue weighted by Gasteiger charge is 2.46. The highest BCUT2D eigenvalue weighted by molar-refractivity contribution is 5.87. The summed E-state index contributed by atoms with van der Waals surface area (Å²) >= 11 is 0. The highest BCUT2D eigenvalue weighted by atomic mass is 16.7. The van der Waals surface area contributed by atoms with Crippen molar-refractivity contribution in [3.05, 3.63) is 35.9 Å². The van der Waals surface area contributed by atoms with Crippen LogP contribution >= 0.6 is 0 Å². The third-order valence-electron chi connectivity index (χ3n) is 3.54. The number of aliphatic hydroxyl groups is 1. The van der Waals surface area contributed by atoms with Gasteiger partial charge in [0.05, 0.1) is 6.61 Å². The lowest BCUT2D eigenvalue weighted by Crippen LogP contribution is -2.57. The Kier molecular flexibility index (Phi) is 6.91. The van der Waals surface area contributed by atoms with Gasteiger partial charge in [-0.2, -0.15) is 0 Å². The normalized spacial score (nSPS) is 25.0. The van der Waals surface area contributed by atoms with E-state index < -0.39 is 42.5 Å². The molecule has 9 heteroatoms. The summed E-state index contributed by atoms with van der Waals surface area (Å²) < 4.78 is 20.4. The van der Waals surface area contributed by atoms with Crippen molar-refractivity contribution in [1.29, 1.82) is 0 Å². The summed E-state index contributed by atoms with van der Waals surface area (Å²) in [5.74, 6) is -2.14. The Morgan fingerprint density at radius 3 is 2.22 bits per heavy atom. The molecular weight excluding hydrogens is 360 g/mol. The predicted octanol–water partition coefficient (Wildman–Crippen LogP) is 0.529. The van der Waals surface area contributed by atoms with Gasteiger partial charge in [-0.3, -0.25) is 9.59 Å². The van der Waals surface area contributed by atoms with E-state index in [0.29, 0.717) is 5.56 Å². The molecule has 27 heavy (non-hydrogen) atoms. The molecule has 1 aliphatic rings. The van der Waals surface area contributed by atoms with Gasteiger partial charge in [-0.25, -0.2) is 4.79 Å². The van der Waals surface area contributed by atoms with E-state index in [1.54, 1.807) is 12.1 Å². The SMILES string of the molecule is CC(=O)O[C@@H]1[C@@H](OC(C)=O)[C@H](OC(=O)/C=C/c2ccc(O)cc2)OC[C@H]1O. The summed E-state index contributed by atoms with van der Waals surface area (Å²) in [5.41, 5.74) is 0.638. The van der Waals surface area contributed by atoms with Crippen LogP contribution in [0.25, 0.3) is 6.08 Å². The van der Waals surface area contributed by atoms with Crippen molar-refractivity contribution in [2.24, 2.45) is 0 Å². The maximum absolute atomic E-state index is 12.0. The number of carbonyl (C=O) groups is 3. The van der Waals surface area contributed by atoms with Crippen molar-refractivity contribution in [1.82, 2.24) is 0 Å². The van der Waals surface area contributed by atoms with Crippen LogP contribution in [-0.4, -0.2) is 59.3 Å². The van der Waals surface area contributed by atoms with Crippen molar-refractivity contribution >= 4 is 24.0 Å². The molecule has 0 aromatic heterocycles. The van der Waals surface area contributed by atoms with E-state index in [1.165, 1.54) is 18.2 Å². The van der Waals surface area contributed by atoms with Crippen molar-refractivity contribution in [2.45, 2.75) is 38.4 Å². The van der Waals surface area contributed by atoms with Gasteiger partial charge in [-0.05, 0) is 23.8 Å². The molecule has 1 aromatic carbocycles. The fourth-order valence-electron chi connectivity index (χ4n) is 2.41. The van der Waals surface area contributed by atoms with E-state index in [2.05, 4.69) is 0 Å². The summed E-state index contributed by atoms with van der Waals surface area (Å²) in [7, 11) is 0. The van der Waals surface area contributed by atoms with E-state index in [1.807, 2.05) is 0 Å². The lowest BCUT2D eigenvalue weighted by atomic mass is 10.0. The highest BCUT2D eigenvalue weighted by Crippen LogP contribution is 2.23. The van der Waals surface area contributed by atoms with Crippen LogP contribution in [0.5, 0.6) is 5.75 Å². The van der Waals surface area contributed by atoms with Gasteiger partial charge >= 0.3 is 17.9 Å². The molecule has 1 aliphatic heterocycles. The largest absolute Gasteiger partial charge is 0.508 e. The van der Waals surface area contributed by atoms with E-state index in [9.17, 15) is 24.6 Å². The van der Waals surface area contributed by atoms with Crippen molar-refractivity contribution < 1.29 is 43.5 Å². The van der Waals surface area contributed by atoms with E-state index in [-0.39, 0.29) is 12.4 Å². The van der Waals surface area contributed by atoms with Crippen LogP contribution < -0.4 is 0 Å². The number of aliphatic hydroxyl groups excluding tert-OH is 1. The Morgan fingerprint density at radius 1 is 1.04 bits per heavy atom. The average molecular weight is 380 g/mol. The van der Waals surface area contributed by atoms with Crippen LogP contribution in [0, 0.1) is 0 Å². The third-order valence-corrected chi connectivity index (χ3v) is 3.54. The van der Waals surface area contributed by atoms with Crippen molar-refractivity contribution in [3.8, 4) is 5.75 Å². The first-order valence-electron chi connectivity index (χ1n) is 8.08. The quantitative estimate of drug-likeness (QED) is 0.427. The zero-order valence-corrected chi connectivity index (χ0v) is 14.7. The zero-order valence-electron chi connectivity index (χ0n) is 14.7. The molecule has 0 saturated carbocycles. The number of aromatic hydroxyl groups is 1. The van der Waals surface area contributed by atoms with Crippen LogP contribution in [0.4, 0.5) is 0 Å². The monoisotopic (exact) mass is 380 g/mol. The van der Waals surface area contributed by atoms with Gasteiger partial charge in [0.25, 0.3) is 0 Å². The van der Waals surface area contributed by atoms with Crippen molar-refractivity contribution in [2.75, 3.05) is 6.61 Å². The summed E-state index contributed by atoms with van der Waals surface area (Å²) in [6, 6.07) is 6.09. The average Bonchev–Trinajstić information content (AvgIpc) is 2.59. The molecule has 1 fully saturated rings. The Labute approximate surface area is 155 Å². The number of benzene rings is 1. The molecule has 0 unspecified atom stereocenters. The fourth-order valence-corrected chi connectivity index (χ4v) is 2.41. The number of rotatable bonds is 5. The molecule has 0 bridgehead atoms. The lowest BCUT2D eigenvalue weighted by Gasteiger charge is -2.38. The van der Waals surface area contributed by atoms with Gasteiger partial charge in [0.1, 0.15) is 11.9 Å². The van der Waals surface area contributed by atoms with Gasteiger partial charge in [-0.15, -0.1) is 0 Å². The lowest BCUT2D eigenvalue weighted by molar-refractivity contribution is -0.270. The van der Waals surface area contributed by atoms with Gasteiger partial charge in [0.15, 0.2) is 6.10 Å². The Hall–Kier alpha value is -2.91. The second kappa shape index (κ2) is 9.15. The molecule has 2 N–H and O–H groups in total. The standard InChI is InChI=1S/C18H20O9/c1-10(19)25-16-14(22)9-24-18(17(16)26-11(2)20)27-15(23)8-5-12-3-6-13(21)7-4-12/h3-8,14,16-18,21-22H,9H2,1-2H3/b8-5+/t14-,16+,17-,18+/m1/s1. The minimum atomic E-state index is -1.36. The number of esters is 3. The van der Waals surface area contributed by atoms with Gasteiger partial charge in [0.2, 0.25) is 12.4 Å². The summed E-state index contributed by atoms with van der Waals surface area (Å²) in [6.07, 6.45) is -2.60. The molecule has 1 aromatic rings. The number of phenols is 1. The number of hydrogen-bond donors (Lipinski definition) is 2. The second-order valence-corrected chi connectivity index (χ2v) is 5.78. The van der Waals surface area contributed by atoms with Crippen LogP contribution in [0.15, 0.2) is 30.3 Å². The molecule has 9 nitrogen and oxygen atoms in total. The minimum absolute atomic E-state index is 0.0876. The molecule has 2 rings (SSSR count). The molecule has 1 saturated heterocycles. The van der Waals surface area contributed by atoms with Gasteiger partial charge in [0, 0.05) is 19.9 Å². The number of ether oxygens (including phenoxy) is 4. The number of phenolic OH excluding ortho intramolecular Hbond substituents is 1. The zero-order chi connectivity index (χ0) is 20.0. The number of carbonyl (C=O) groups excluding carboxylic acids is 3. The smallest absolute Gasteiger partial charge is 0.333 e. The molecule has 4 atom stereocenters. The van der Waals surface area contributed by atoms with E-state index >= 15 is 0 Å². The van der Waals surface area contributed by atoms with Crippen molar-refractivity contribution in [3.63, 3.8) is 0 Å². The van der Waals surface area contributed by atoms with Crippen LogP contribution in [0.2, 0.25) is 0 Å². The molecular formula is C18H20O9. The van der Waals surface area contributed by atoms with Crippen LogP contribution in [0.3, 0.4) is 0 Å². The predicted molar refractivity (Wildman–Crippen MR) is 90.1 cm³/mol. The molecule has 146 valence electrons. The van der Waals surface area contributed by atoms with Crippen LogP contribution in [0.1, 0.15) is 19.4 Å². The second-order valence-electron chi connectivity index (χ2n) is 5.78. The minimum Gasteiger partial charge on any atom is -0.508 e. The van der Waals surface area contributed by atoms with Gasteiger partial charge < -0.3 is 29.2 Å². The molecule has 0 spiro atoms. The molecule has 1 heterocycles. The molecule has 0 aliphatic carbocycles. The fraction of sp³-hybridized carbons (Fsp3) is 0.389. The maximum Gasteiger partial charge on any atom is 0.333 e. The number of hydrogen-bond acceptors (Lipinski definition) is 9. The maximum atomic E-state index is 12.0. The first kappa shape index (κ1) is 20.4. The Morgan fingerprint density at radius 2 is 1.63 bits per heavy atom. The van der Waals surface area contributed by atoms with E-state index in [0.717, 1.165) is 19.9 Å². The third kappa shape index (κ3) is 6.08. The Bertz CT molecular complexity index is 710. The Balaban J connectivity index is 2.08. The summed E-state index contributed by atoms with van der Waals surface area (Å²) in [6.45, 7) is 1.97.